The zero-order chi connectivity index (χ0) is 18.5. The monoisotopic (exact) mass is 365 g/mol. The van der Waals surface area contributed by atoms with Crippen LogP contribution in [0.15, 0.2) is 18.2 Å². The molecule has 3 rings (SSSR count). The number of anilines is 1. The predicted molar refractivity (Wildman–Crippen MR) is 105 cm³/mol. The number of hydrogen-bond donors (Lipinski definition) is 1. The van der Waals surface area contributed by atoms with Crippen LogP contribution < -0.4 is 14.9 Å². The highest BCUT2D eigenvalue weighted by molar-refractivity contribution is 8.00. The van der Waals surface area contributed by atoms with Crippen molar-refractivity contribution in [3.63, 3.8) is 0 Å². The summed E-state index contributed by atoms with van der Waals surface area (Å²) in [6.07, 6.45) is 4.02. The molecule has 1 aromatic carbocycles. The minimum atomic E-state index is -2.36. The molecule has 0 amide bonds. The quantitative estimate of drug-likeness (QED) is 0.622. The van der Waals surface area contributed by atoms with E-state index in [1.807, 2.05) is 45.9 Å². The molecule has 5 nitrogen and oxygen atoms in total. The average Bonchev–Trinajstić information content (AvgIpc) is 3.23. The topological polar surface area (TPSA) is 56.8 Å². The molecule has 1 N–H and O–H groups in total. The standard InChI is InChI=1S/C18H28BNO4S/c1-17(2)18(3,4)24-19(23-17)15-11-14(20-25(5,6)21)9-10-16(15)22-12-13-7-8-13/h9-11,13H,5,7-8,12H2,1-4,6H3,(H,20,21). The molecular weight excluding hydrogens is 337 g/mol. The van der Waals surface area contributed by atoms with E-state index in [4.69, 9.17) is 14.0 Å². The zero-order valence-electron chi connectivity index (χ0n) is 15.8. The third-order valence-electron chi connectivity index (χ3n) is 5.02. The molecule has 1 unspecified atom stereocenters. The van der Waals surface area contributed by atoms with Crippen molar-refractivity contribution in [2.45, 2.75) is 51.7 Å². The molecule has 138 valence electrons. The molecule has 7 heteroatoms. The van der Waals surface area contributed by atoms with E-state index in [0.29, 0.717) is 18.2 Å². The van der Waals surface area contributed by atoms with Crippen LogP contribution in [0.25, 0.3) is 0 Å². The number of benzene rings is 1. The Kier molecular flexibility index (Phi) is 4.63. The first-order chi connectivity index (χ1) is 11.5. The molecule has 1 saturated carbocycles. The van der Waals surface area contributed by atoms with Crippen LogP contribution in [0.1, 0.15) is 40.5 Å². The molecule has 2 aliphatic rings. The third-order valence-corrected chi connectivity index (χ3v) is 5.69. The largest absolute Gasteiger partial charge is 0.498 e. The van der Waals surface area contributed by atoms with Gasteiger partial charge >= 0.3 is 7.12 Å². The summed E-state index contributed by atoms with van der Waals surface area (Å²) in [7, 11) is -2.89. The maximum atomic E-state index is 12.0. The molecule has 1 aromatic rings. The molecule has 0 bridgehead atoms. The Morgan fingerprint density at radius 2 is 1.88 bits per heavy atom. The van der Waals surface area contributed by atoms with Gasteiger partial charge in [-0.3, -0.25) is 0 Å². The number of ether oxygens (including phenoxy) is 1. The van der Waals surface area contributed by atoms with Gasteiger partial charge in [0.2, 0.25) is 0 Å². The van der Waals surface area contributed by atoms with Crippen molar-refractivity contribution in [1.29, 1.82) is 0 Å². The van der Waals surface area contributed by atoms with Crippen molar-refractivity contribution in [3.8, 4) is 5.75 Å². The van der Waals surface area contributed by atoms with Crippen LogP contribution >= 0.6 is 0 Å². The second-order valence-electron chi connectivity index (χ2n) is 8.20. The van der Waals surface area contributed by atoms with Crippen molar-refractivity contribution in [2.24, 2.45) is 5.92 Å². The van der Waals surface area contributed by atoms with Crippen LogP contribution in [0.3, 0.4) is 0 Å². The van der Waals surface area contributed by atoms with Crippen molar-refractivity contribution >= 4 is 33.8 Å². The molecule has 0 radical (unpaired) electrons. The number of hydrogen-bond acceptors (Lipinski definition) is 4. The van der Waals surface area contributed by atoms with Crippen molar-refractivity contribution in [2.75, 3.05) is 17.6 Å². The summed E-state index contributed by atoms with van der Waals surface area (Å²) < 4.78 is 33.3. The molecule has 25 heavy (non-hydrogen) atoms. The van der Waals surface area contributed by atoms with E-state index >= 15 is 0 Å². The summed E-state index contributed by atoms with van der Waals surface area (Å²) in [4.78, 5) is 0. The first kappa shape index (κ1) is 18.6. The molecule has 2 fully saturated rings. The summed E-state index contributed by atoms with van der Waals surface area (Å²) in [5, 5.41) is 0. The highest BCUT2D eigenvalue weighted by Crippen LogP contribution is 2.37. The molecule has 1 aliphatic carbocycles. The lowest BCUT2D eigenvalue weighted by atomic mass is 9.78. The van der Waals surface area contributed by atoms with Gasteiger partial charge in [0.25, 0.3) is 0 Å². The Hall–Kier alpha value is -1.18. The minimum Gasteiger partial charge on any atom is -0.494 e. The van der Waals surface area contributed by atoms with Crippen LogP contribution in [-0.4, -0.2) is 41.3 Å². The highest BCUT2D eigenvalue weighted by Gasteiger charge is 2.52. The van der Waals surface area contributed by atoms with Gasteiger partial charge in [0.15, 0.2) is 0 Å². The van der Waals surface area contributed by atoms with Crippen LogP contribution in [0.2, 0.25) is 0 Å². The fourth-order valence-electron chi connectivity index (χ4n) is 2.64. The summed E-state index contributed by atoms with van der Waals surface area (Å²) in [6, 6.07) is 5.63. The van der Waals surface area contributed by atoms with E-state index in [-0.39, 0.29) is 0 Å². The lowest BCUT2D eigenvalue weighted by Crippen LogP contribution is -2.41. The molecule has 1 saturated heterocycles. The maximum absolute atomic E-state index is 12.0. The highest BCUT2D eigenvalue weighted by atomic mass is 32.2. The van der Waals surface area contributed by atoms with E-state index in [1.165, 1.54) is 12.8 Å². The second kappa shape index (κ2) is 6.22. The summed E-state index contributed by atoms with van der Waals surface area (Å²) in [5.41, 5.74) is 0.665. The minimum absolute atomic E-state index is 0.431. The molecule has 1 aliphatic heterocycles. The molecular formula is C18H28BNO4S. The number of nitrogens with one attached hydrogen (secondary N) is 1. The van der Waals surface area contributed by atoms with Crippen LogP contribution in [-0.2, 0) is 19.0 Å². The lowest BCUT2D eigenvalue weighted by molar-refractivity contribution is 0.00578. The van der Waals surface area contributed by atoms with Crippen LogP contribution in [0.5, 0.6) is 5.75 Å². The van der Waals surface area contributed by atoms with Gasteiger partial charge in [0.05, 0.1) is 17.8 Å². The van der Waals surface area contributed by atoms with Gasteiger partial charge < -0.3 is 18.8 Å². The lowest BCUT2D eigenvalue weighted by Gasteiger charge is -2.32. The Bertz CT molecular complexity index is 740. The first-order valence-electron chi connectivity index (χ1n) is 8.69. The summed E-state index contributed by atoms with van der Waals surface area (Å²) >= 11 is 0. The van der Waals surface area contributed by atoms with Crippen LogP contribution in [0.4, 0.5) is 5.69 Å². The average molecular weight is 365 g/mol. The molecule has 1 heterocycles. The van der Waals surface area contributed by atoms with E-state index in [9.17, 15) is 4.21 Å². The Morgan fingerprint density at radius 3 is 2.40 bits per heavy atom. The smallest absolute Gasteiger partial charge is 0.494 e. The first-order valence-corrected chi connectivity index (χ1v) is 10.8. The van der Waals surface area contributed by atoms with Gasteiger partial charge in [-0.15, -0.1) is 0 Å². The SMILES string of the molecule is C=S(C)(=O)Nc1ccc(OCC2CC2)c(B2OC(C)(C)C(C)(C)O2)c1. The second-order valence-corrected chi connectivity index (χ2v) is 10.4. The fraction of sp³-hybridized carbons (Fsp3) is 0.611. The molecule has 0 spiro atoms. The third kappa shape index (κ3) is 4.33. The predicted octanol–water partition coefficient (Wildman–Crippen LogP) is 2.45. The van der Waals surface area contributed by atoms with Crippen molar-refractivity contribution in [1.82, 2.24) is 0 Å². The van der Waals surface area contributed by atoms with Crippen molar-refractivity contribution < 1.29 is 18.3 Å². The summed E-state index contributed by atoms with van der Waals surface area (Å²) in [6.45, 7) is 8.80. The molecule has 0 aromatic heterocycles. The zero-order valence-corrected chi connectivity index (χ0v) is 16.6. The van der Waals surface area contributed by atoms with Gasteiger partial charge in [0, 0.05) is 27.1 Å². The Balaban J connectivity index is 1.91. The molecule has 1 atom stereocenters. The van der Waals surface area contributed by atoms with E-state index < -0.39 is 28.0 Å². The number of rotatable bonds is 6. The van der Waals surface area contributed by atoms with E-state index in [2.05, 4.69) is 10.6 Å². The van der Waals surface area contributed by atoms with Gasteiger partial charge in [-0.05, 0) is 70.5 Å². The van der Waals surface area contributed by atoms with Gasteiger partial charge in [0.1, 0.15) is 5.75 Å². The van der Waals surface area contributed by atoms with Crippen molar-refractivity contribution in [3.05, 3.63) is 18.2 Å². The normalized spacial score (nSPS) is 24.0. The van der Waals surface area contributed by atoms with Gasteiger partial charge in [-0.2, -0.15) is 0 Å². The Morgan fingerprint density at radius 1 is 1.28 bits per heavy atom. The Labute approximate surface area is 151 Å². The van der Waals surface area contributed by atoms with Crippen LogP contribution in [0, 0.1) is 5.92 Å². The van der Waals surface area contributed by atoms with Gasteiger partial charge in [-0.25, -0.2) is 4.21 Å². The maximum Gasteiger partial charge on any atom is 0.498 e. The van der Waals surface area contributed by atoms with Gasteiger partial charge in [-0.1, -0.05) is 0 Å². The van der Waals surface area contributed by atoms with E-state index in [1.54, 1.807) is 6.26 Å². The fourth-order valence-corrected chi connectivity index (χ4v) is 3.26. The van der Waals surface area contributed by atoms with E-state index in [0.717, 1.165) is 11.2 Å². The summed E-state index contributed by atoms with van der Waals surface area (Å²) in [5.74, 6) is 5.06.